The van der Waals surface area contributed by atoms with Crippen LogP contribution in [0.4, 0.5) is 0 Å². The van der Waals surface area contributed by atoms with Crippen LogP contribution in [0.3, 0.4) is 0 Å². The summed E-state index contributed by atoms with van der Waals surface area (Å²) >= 11 is 1.55. The van der Waals surface area contributed by atoms with E-state index in [1.807, 2.05) is 23.8 Å². The molecule has 1 atom stereocenters. The average molecular weight is 421 g/mol. The largest absolute Gasteiger partial charge is 0.339 e. The zero-order valence-corrected chi connectivity index (χ0v) is 17.0. The Morgan fingerprint density at radius 3 is 2.61 bits per heavy atom. The van der Waals surface area contributed by atoms with Gasteiger partial charge in [-0.15, -0.1) is 0 Å². The standard InChI is InChI=1S/C18H20N4O4S2/c1-12(13-3-5-15(6-4-13)28(19,24)25)22(2)17(23)8-7-16-20-18(21-26-16)14-9-10-27-11-14/h3-6,9-12H,7-8H2,1-2H3,(H2,19,24,25). The number of rotatable bonds is 7. The van der Waals surface area contributed by atoms with Crippen LogP contribution in [0.5, 0.6) is 0 Å². The van der Waals surface area contributed by atoms with Crippen LogP contribution in [-0.2, 0) is 21.2 Å². The lowest BCUT2D eigenvalue weighted by Gasteiger charge is -2.25. The molecule has 1 amide bonds. The summed E-state index contributed by atoms with van der Waals surface area (Å²) in [7, 11) is -2.04. The highest BCUT2D eigenvalue weighted by molar-refractivity contribution is 7.89. The zero-order chi connectivity index (χ0) is 20.3. The molecule has 0 aliphatic carbocycles. The van der Waals surface area contributed by atoms with Crippen molar-refractivity contribution in [2.45, 2.75) is 30.7 Å². The highest BCUT2D eigenvalue weighted by atomic mass is 32.2. The highest BCUT2D eigenvalue weighted by Crippen LogP contribution is 2.22. The number of carbonyl (C=O) groups excluding carboxylic acids is 1. The smallest absolute Gasteiger partial charge is 0.238 e. The third kappa shape index (κ3) is 4.64. The Labute approximate surface area is 167 Å². The number of amides is 1. The predicted octanol–water partition coefficient (Wildman–Crippen LogP) is 2.60. The number of hydrogen-bond donors (Lipinski definition) is 1. The quantitative estimate of drug-likeness (QED) is 0.627. The molecule has 0 saturated heterocycles. The van der Waals surface area contributed by atoms with Gasteiger partial charge < -0.3 is 9.42 Å². The molecule has 0 bridgehead atoms. The van der Waals surface area contributed by atoms with Crippen molar-refractivity contribution < 1.29 is 17.7 Å². The average Bonchev–Trinajstić information content (AvgIpc) is 3.35. The van der Waals surface area contributed by atoms with Gasteiger partial charge in [0, 0.05) is 30.8 Å². The summed E-state index contributed by atoms with van der Waals surface area (Å²) in [4.78, 5) is 18.5. The maximum Gasteiger partial charge on any atom is 0.238 e. The van der Waals surface area contributed by atoms with Crippen LogP contribution in [0.25, 0.3) is 11.4 Å². The monoisotopic (exact) mass is 420 g/mol. The van der Waals surface area contributed by atoms with Crippen molar-refractivity contribution in [3.05, 3.63) is 52.5 Å². The van der Waals surface area contributed by atoms with E-state index in [0.29, 0.717) is 18.1 Å². The van der Waals surface area contributed by atoms with Gasteiger partial charge in [0.05, 0.1) is 10.9 Å². The van der Waals surface area contributed by atoms with Crippen LogP contribution >= 0.6 is 11.3 Å². The zero-order valence-electron chi connectivity index (χ0n) is 15.4. The first-order chi connectivity index (χ1) is 13.3. The van der Waals surface area contributed by atoms with Gasteiger partial charge in [-0.25, -0.2) is 13.6 Å². The molecule has 0 spiro atoms. The second-order valence-electron chi connectivity index (χ2n) is 6.32. The van der Waals surface area contributed by atoms with E-state index in [1.165, 1.54) is 12.1 Å². The molecule has 3 rings (SSSR count). The minimum atomic E-state index is -3.74. The third-order valence-electron chi connectivity index (χ3n) is 4.47. The normalized spacial score (nSPS) is 12.7. The third-order valence-corrected chi connectivity index (χ3v) is 6.08. The molecule has 148 valence electrons. The number of nitrogens with zero attached hydrogens (tertiary/aromatic N) is 3. The lowest BCUT2D eigenvalue weighted by atomic mass is 10.1. The van der Waals surface area contributed by atoms with Crippen LogP contribution in [0.1, 0.15) is 30.8 Å². The van der Waals surface area contributed by atoms with Crippen molar-refractivity contribution in [2.75, 3.05) is 7.05 Å². The van der Waals surface area contributed by atoms with Gasteiger partial charge in [0.15, 0.2) is 0 Å². The SMILES string of the molecule is CC(c1ccc(S(N)(=O)=O)cc1)N(C)C(=O)CCc1nc(-c2ccsc2)no1. The Balaban J connectivity index is 1.59. The molecule has 2 N–H and O–H groups in total. The first kappa shape index (κ1) is 20.2. The lowest BCUT2D eigenvalue weighted by Crippen LogP contribution is -2.29. The van der Waals surface area contributed by atoms with Crippen molar-refractivity contribution >= 4 is 27.3 Å². The molecule has 0 radical (unpaired) electrons. The van der Waals surface area contributed by atoms with Crippen molar-refractivity contribution in [1.29, 1.82) is 0 Å². The molecule has 10 heteroatoms. The van der Waals surface area contributed by atoms with E-state index in [1.54, 1.807) is 35.4 Å². The number of aromatic nitrogens is 2. The molecular weight excluding hydrogens is 400 g/mol. The van der Waals surface area contributed by atoms with Crippen molar-refractivity contribution in [3.63, 3.8) is 0 Å². The number of thiophene rings is 1. The van der Waals surface area contributed by atoms with Gasteiger partial charge in [-0.05, 0) is 36.1 Å². The van der Waals surface area contributed by atoms with Gasteiger partial charge in [-0.2, -0.15) is 16.3 Å². The Morgan fingerprint density at radius 2 is 2.00 bits per heavy atom. The molecule has 0 aliphatic heterocycles. The number of benzene rings is 1. The van der Waals surface area contributed by atoms with Crippen molar-refractivity contribution in [1.82, 2.24) is 15.0 Å². The maximum atomic E-state index is 12.5. The Morgan fingerprint density at radius 1 is 1.29 bits per heavy atom. The number of primary sulfonamides is 1. The van der Waals surface area contributed by atoms with Crippen LogP contribution in [0.2, 0.25) is 0 Å². The van der Waals surface area contributed by atoms with Gasteiger partial charge in [-0.3, -0.25) is 4.79 Å². The highest BCUT2D eigenvalue weighted by Gasteiger charge is 2.19. The van der Waals surface area contributed by atoms with Crippen LogP contribution in [0, 0.1) is 0 Å². The number of nitrogens with two attached hydrogens (primary N) is 1. The number of aryl methyl sites for hydroxylation is 1. The first-order valence-electron chi connectivity index (χ1n) is 8.49. The summed E-state index contributed by atoms with van der Waals surface area (Å²) in [5.74, 6) is 0.840. The lowest BCUT2D eigenvalue weighted by molar-refractivity contribution is -0.131. The van der Waals surface area contributed by atoms with Gasteiger partial charge in [0.2, 0.25) is 27.6 Å². The molecule has 0 aliphatic rings. The molecule has 0 fully saturated rings. The maximum absolute atomic E-state index is 12.5. The fraction of sp³-hybridized carbons (Fsp3) is 0.278. The fourth-order valence-corrected chi connectivity index (χ4v) is 3.78. The van der Waals surface area contributed by atoms with E-state index < -0.39 is 10.0 Å². The Hall–Kier alpha value is -2.56. The van der Waals surface area contributed by atoms with Gasteiger partial charge in [0.1, 0.15) is 0 Å². The molecule has 28 heavy (non-hydrogen) atoms. The van der Waals surface area contributed by atoms with Gasteiger partial charge >= 0.3 is 0 Å². The summed E-state index contributed by atoms with van der Waals surface area (Å²) in [5.41, 5.74) is 1.70. The molecular formula is C18H20N4O4S2. The van der Waals surface area contributed by atoms with E-state index in [4.69, 9.17) is 9.66 Å². The number of hydrogen-bond acceptors (Lipinski definition) is 7. The van der Waals surface area contributed by atoms with E-state index in [-0.39, 0.29) is 23.3 Å². The summed E-state index contributed by atoms with van der Waals surface area (Å²) in [6.45, 7) is 1.87. The molecule has 1 unspecified atom stereocenters. The molecule has 3 aromatic rings. The number of carbonyl (C=O) groups is 1. The predicted molar refractivity (Wildman–Crippen MR) is 105 cm³/mol. The molecule has 8 nitrogen and oxygen atoms in total. The molecule has 0 saturated carbocycles. The van der Waals surface area contributed by atoms with Gasteiger partial charge in [-0.1, -0.05) is 17.3 Å². The molecule has 2 aromatic heterocycles. The van der Waals surface area contributed by atoms with E-state index in [0.717, 1.165) is 11.1 Å². The van der Waals surface area contributed by atoms with Crippen LogP contribution in [-0.4, -0.2) is 36.4 Å². The minimum absolute atomic E-state index is 0.0373. The molecule has 1 aromatic carbocycles. The van der Waals surface area contributed by atoms with Gasteiger partial charge in [0.25, 0.3) is 0 Å². The van der Waals surface area contributed by atoms with Crippen LogP contribution in [0.15, 0.2) is 50.5 Å². The number of sulfonamides is 1. The van der Waals surface area contributed by atoms with E-state index in [9.17, 15) is 13.2 Å². The molecule has 2 heterocycles. The summed E-state index contributed by atoms with van der Waals surface area (Å²) < 4.78 is 27.9. The van der Waals surface area contributed by atoms with E-state index in [2.05, 4.69) is 10.1 Å². The Bertz CT molecular complexity index is 1040. The van der Waals surface area contributed by atoms with Crippen molar-refractivity contribution in [3.8, 4) is 11.4 Å². The second-order valence-corrected chi connectivity index (χ2v) is 8.66. The topological polar surface area (TPSA) is 119 Å². The summed E-state index contributed by atoms with van der Waals surface area (Å²) in [5, 5.41) is 12.9. The fourth-order valence-electron chi connectivity index (χ4n) is 2.63. The van der Waals surface area contributed by atoms with E-state index >= 15 is 0 Å². The van der Waals surface area contributed by atoms with Crippen molar-refractivity contribution in [2.24, 2.45) is 5.14 Å². The minimum Gasteiger partial charge on any atom is -0.339 e. The van der Waals surface area contributed by atoms with Crippen LogP contribution < -0.4 is 5.14 Å². The summed E-state index contributed by atoms with van der Waals surface area (Å²) in [6, 6.07) is 7.85. The summed E-state index contributed by atoms with van der Waals surface area (Å²) in [6.07, 6.45) is 0.568. The Kier molecular flexibility index (Phi) is 5.92. The first-order valence-corrected chi connectivity index (χ1v) is 11.0. The second kappa shape index (κ2) is 8.21.